The predicted octanol–water partition coefficient (Wildman–Crippen LogP) is 2.46. The minimum Gasteiger partial charge on any atom is -0.492 e. The van der Waals surface area contributed by atoms with E-state index < -0.39 is 0 Å². The molecular formula is C12H17NOS. The molecule has 1 heterocycles. The summed E-state index contributed by atoms with van der Waals surface area (Å²) in [7, 11) is 2.02. The fourth-order valence-electron chi connectivity index (χ4n) is 2.04. The van der Waals surface area contributed by atoms with Crippen LogP contribution in [0.2, 0.25) is 0 Å². The molecule has 0 aliphatic carbocycles. The molecule has 0 spiro atoms. The molecule has 0 radical (unpaired) electrons. The van der Waals surface area contributed by atoms with Crippen molar-refractivity contribution >= 4 is 11.8 Å². The van der Waals surface area contributed by atoms with Crippen LogP contribution in [0.15, 0.2) is 24.3 Å². The molecule has 2 rings (SSSR count). The number of thioether (sulfide) groups is 1. The zero-order valence-electron chi connectivity index (χ0n) is 9.19. The lowest BCUT2D eigenvalue weighted by molar-refractivity contribution is 0.265. The van der Waals surface area contributed by atoms with Crippen LogP contribution in [0.4, 0.5) is 0 Å². The highest BCUT2D eigenvalue weighted by Crippen LogP contribution is 2.36. The maximum atomic E-state index is 5.76. The van der Waals surface area contributed by atoms with Crippen molar-refractivity contribution in [1.82, 2.24) is 5.32 Å². The Bertz CT molecular complexity index is 329. The van der Waals surface area contributed by atoms with Gasteiger partial charge in [-0.3, -0.25) is 0 Å². The highest BCUT2D eigenvalue weighted by Gasteiger charge is 2.29. The van der Waals surface area contributed by atoms with E-state index in [9.17, 15) is 0 Å². The van der Waals surface area contributed by atoms with Gasteiger partial charge in [0.1, 0.15) is 12.4 Å². The predicted molar refractivity (Wildman–Crippen MR) is 65.7 cm³/mol. The number of nitrogens with one attached hydrogen (secondary N) is 1. The van der Waals surface area contributed by atoms with Crippen molar-refractivity contribution in [1.29, 1.82) is 0 Å². The third-order valence-corrected chi connectivity index (χ3v) is 3.89. The van der Waals surface area contributed by atoms with Gasteiger partial charge in [-0.05, 0) is 18.9 Å². The third kappa shape index (κ3) is 2.13. The Hall–Kier alpha value is -0.670. The van der Waals surface area contributed by atoms with Crippen molar-refractivity contribution in [2.24, 2.45) is 0 Å². The lowest BCUT2D eigenvalue weighted by Crippen LogP contribution is -2.35. The molecular weight excluding hydrogens is 206 g/mol. The summed E-state index contributed by atoms with van der Waals surface area (Å²) in [5.74, 6) is 2.17. The fourth-order valence-corrected chi connectivity index (χ4v) is 3.10. The Morgan fingerprint density at radius 2 is 2.27 bits per heavy atom. The summed E-state index contributed by atoms with van der Waals surface area (Å²) >= 11 is 1.96. The number of hydrogen-bond donors (Lipinski definition) is 1. The first-order valence-corrected chi connectivity index (χ1v) is 6.42. The summed E-state index contributed by atoms with van der Waals surface area (Å²) in [5.41, 5.74) is 1.29. The van der Waals surface area contributed by atoms with Gasteiger partial charge in [0.05, 0.1) is 11.3 Å². The van der Waals surface area contributed by atoms with E-state index in [1.165, 1.54) is 5.56 Å². The van der Waals surface area contributed by atoms with Crippen LogP contribution in [0.25, 0.3) is 0 Å². The van der Waals surface area contributed by atoms with E-state index in [1.807, 2.05) is 30.9 Å². The van der Waals surface area contributed by atoms with Crippen molar-refractivity contribution in [3.8, 4) is 5.75 Å². The van der Waals surface area contributed by atoms with Crippen molar-refractivity contribution in [3.63, 3.8) is 0 Å². The van der Waals surface area contributed by atoms with Crippen LogP contribution in [0.3, 0.4) is 0 Å². The van der Waals surface area contributed by atoms with Gasteiger partial charge in [-0.1, -0.05) is 25.1 Å². The largest absolute Gasteiger partial charge is 0.492 e. The number of hydrogen-bond acceptors (Lipinski definition) is 3. The average Bonchev–Trinajstić information content (AvgIpc) is 2.29. The van der Waals surface area contributed by atoms with Crippen LogP contribution < -0.4 is 10.1 Å². The lowest BCUT2D eigenvalue weighted by atomic mass is 10.0. The minimum absolute atomic E-state index is 0.417. The number of rotatable bonds is 3. The summed E-state index contributed by atoms with van der Waals surface area (Å²) < 4.78 is 5.76. The first-order valence-electron chi connectivity index (χ1n) is 5.37. The van der Waals surface area contributed by atoms with E-state index in [2.05, 4.69) is 24.4 Å². The molecule has 0 fully saturated rings. The third-order valence-electron chi connectivity index (χ3n) is 2.72. The van der Waals surface area contributed by atoms with Crippen LogP contribution in [-0.4, -0.2) is 24.7 Å². The summed E-state index contributed by atoms with van der Waals surface area (Å²) in [5, 5.41) is 3.92. The van der Waals surface area contributed by atoms with E-state index in [4.69, 9.17) is 4.74 Å². The maximum absolute atomic E-state index is 5.76. The monoisotopic (exact) mass is 223 g/mol. The van der Waals surface area contributed by atoms with E-state index in [1.54, 1.807) is 0 Å². The molecule has 0 aromatic heterocycles. The normalized spacial score (nSPS) is 24.4. The summed E-state index contributed by atoms with van der Waals surface area (Å²) in [6, 6.07) is 8.72. The first kappa shape index (κ1) is 10.8. The molecule has 0 bridgehead atoms. The SMILES string of the molecule is CCSC1COc2ccccc2C1NC. The molecule has 2 nitrogen and oxygen atoms in total. The van der Waals surface area contributed by atoms with E-state index in [0.717, 1.165) is 18.1 Å². The highest BCUT2D eigenvalue weighted by molar-refractivity contribution is 7.99. The molecule has 2 unspecified atom stereocenters. The molecule has 82 valence electrons. The van der Waals surface area contributed by atoms with Crippen LogP contribution in [0.1, 0.15) is 18.5 Å². The number of benzene rings is 1. The summed E-state index contributed by atoms with van der Waals surface area (Å²) in [6.07, 6.45) is 0. The molecule has 1 aromatic carbocycles. The number of ether oxygens (including phenoxy) is 1. The molecule has 1 aliphatic rings. The molecule has 3 heteroatoms. The highest BCUT2D eigenvalue weighted by atomic mass is 32.2. The average molecular weight is 223 g/mol. The van der Waals surface area contributed by atoms with Crippen LogP contribution in [-0.2, 0) is 0 Å². The molecule has 2 atom stereocenters. The molecule has 1 aliphatic heterocycles. The molecule has 1 aromatic rings. The molecule has 1 N–H and O–H groups in total. The number of para-hydroxylation sites is 1. The Morgan fingerprint density at radius 3 is 3.00 bits per heavy atom. The Morgan fingerprint density at radius 1 is 1.47 bits per heavy atom. The second-order valence-electron chi connectivity index (χ2n) is 3.61. The molecule has 0 saturated carbocycles. The van der Waals surface area contributed by atoms with Gasteiger partial charge >= 0.3 is 0 Å². The van der Waals surface area contributed by atoms with Crippen LogP contribution >= 0.6 is 11.8 Å². The van der Waals surface area contributed by atoms with Crippen molar-refractivity contribution < 1.29 is 4.74 Å². The fraction of sp³-hybridized carbons (Fsp3) is 0.500. The topological polar surface area (TPSA) is 21.3 Å². The Balaban J connectivity index is 2.26. The summed E-state index contributed by atoms with van der Waals surface area (Å²) in [6.45, 7) is 3.00. The summed E-state index contributed by atoms with van der Waals surface area (Å²) in [4.78, 5) is 0. The van der Waals surface area contributed by atoms with E-state index in [-0.39, 0.29) is 0 Å². The molecule has 0 saturated heterocycles. The van der Waals surface area contributed by atoms with Gasteiger partial charge < -0.3 is 10.1 Å². The lowest BCUT2D eigenvalue weighted by Gasteiger charge is -2.32. The number of fused-ring (bicyclic) bond motifs is 1. The van der Waals surface area contributed by atoms with Gasteiger partial charge in [0, 0.05) is 5.56 Å². The second-order valence-corrected chi connectivity index (χ2v) is 5.13. The second kappa shape index (κ2) is 4.90. The van der Waals surface area contributed by atoms with E-state index in [0.29, 0.717) is 11.3 Å². The van der Waals surface area contributed by atoms with Crippen molar-refractivity contribution in [3.05, 3.63) is 29.8 Å². The zero-order valence-corrected chi connectivity index (χ0v) is 10.0. The van der Waals surface area contributed by atoms with Gasteiger partial charge in [0.25, 0.3) is 0 Å². The van der Waals surface area contributed by atoms with Crippen molar-refractivity contribution in [2.45, 2.75) is 18.2 Å². The smallest absolute Gasteiger partial charge is 0.124 e. The molecule has 0 amide bonds. The van der Waals surface area contributed by atoms with Crippen LogP contribution in [0.5, 0.6) is 5.75 Å². The Labute approximate surface area is 95.4 Å². The quantitative estimate of drug-likeness (QED) is 0.850. The van der Waals surface area contributed by atoms with Gasteiger partial charge in [0.2, 0.25) is 0 Å². The Kier molecular flexibility index (Phi) is 3.54. The first-order chi connectivity index (χ1) is 7.36. The van der Waals surface area contributed by atoms with Crippen LogP contribution in [0, 0.1) is 0 Å². The minimum atomic E-state index is 0.417. The van der Waals surface area contributed by atoms with Gasteiger partial charge in [-0.15, -0.1) is 0 Å². The maximum Gasteiger partial charge on any atom is 0.124 e. The van der Waals surface area contributed by atoms with Gasteiger partial charge in [0.15, 0.2) is 0 Å². The van der Waals surface area contributed by atoms with Crippen molar-refractivity contribution in [2.75, 3.05) is 19.4 Å². The van der Waals surface area contributed by atoms with Gasteiger partial charge in [-0.2, -0.15) is 11.8 Å². The zero-order chi connectivity index (χ0) is 10.7. The van der Waals surface area contributed by atoms with E-state index >= 15 is 0 Å². The van der Waals surface area contributed by atoms with Gasteiger partial charge in [-0.25, -0.2) is 0 Å². The molecule has 15 heavy (non-hydrogen) atoms. The standard InChI is InChI=1S/C12H17NOS/c1-3-15-11-8-14-10-7-5-4-6-9(10)12(11)13-2/h4-7,11-13H,3,8H2,1-2H3.